The number of rotatable bonds is 3. The molecule has 1 N–H and O–H groups in total. The first kappa shape index (κ1) is 11.9. The summed E-state index contributed by atoms with van der Waals surface area (Å²) < 4.78 is 25.0. The first-order valence-corrected chi connectivity index (χ1v) is 4.97. The maximum absolute atomic E-state index is 12.5. The van der Waals surface area contributed by atoms with Crippen LogP contribution in [-0.2, 0) is 4.79 Å². The molecular formula is C10H14F2N2O. The molecule has 5 heteroatoms. The van der Waals surface area contributed by atoms with Gasteiger partial charge in [-0.1, -0.05) is 0 Å². The highest BCUT2D eigenvalue weighted by molar-refractivity contribution is 5.77. The normalized spacial score (nSPS) is 26.0. The van der Waals surface area contributed by atoms with E-state index in [1.54, 1.807) is 0 Å². The molecule has 1 fully saturated rings. The second-order valence-electron chi connectivity index (χ2n) is 4.15. The molecule has 0 aromatic rings. The van der Waals surface area contributed by atoms with Crippen LogP contribution >= 0.6 is 0 Å². The molecule has 1 amide bonds. The lowest BCUT2D eigenvalue weighted by molar-refractivity contribution is -0.127. The Hall–Kier alpha value is -1.18. The maximum atomic E-state index is 12.5. The van der Waals surface area contributed by atoms with Crippen LogP contribution in [0.15, 0.2) is 0 Å². The fraction of sp³-hybridized carbons (Fsp3) is 0.800. The minimum atomic E-state index is -2.96. The fourth-order valence-electron chi connectivity index (χ4n) is 1.79. The third-order valence-electron chi connectivity index (χ3n) is 2.45. The molecule has 1 rings (SSSR count). The van der Waals surface area contributed by atoms with Crippen molar-refractivity contribution in [2.24, 2.45) is 5.92 Å². The van der Waals surface area contributed by atoms with Crippen molar-refractivity contribution in [2.75, 3.05) is 0 Å². The predicted octanol–water partition coefficient (Wildman–Crippen LogP) is 1.84. The summed E-state index contributed by atoms with van der Waals surface area (Å²) in [7, 11) is 0. The van der Waals surface area contributed by atoms with E-state index in [2.05, 4.69) is 11.4 Å². The molecular weight excluding hydrogens is 202 g/mol. The van der Waals surface area contributed by atoms with Gasteiger partial charge in [-0.05, 0) is 26.2 Å². The van der Waals surface area contributed by atoms with Crippen LogP contribution in [0.1, 0.15) is 32.6 Å². The zero-order valence-corrected chi connectivity index (χ0v) is 8.59. The minimum Gasteiger partial charge on any atom is -0.353 e. The summed E-state index contributed by atoms with van der Waals surface area (Å²) in [5, 5.41) is 11.2. The molecule has 0 saturated heterocycles. The van der Waals surface area contributed by atoms with Crippen LogP contribution in [0, 0.1) is 17.2 Å². The van der Waals surface area contributed by atoms with Gasteiger partial charge in [0.15, 0.2) is 0 Å². The summed E-state index contributed by atoms with van der Waals surface area (Å²) in [5.41, 5.74) is 0. The van der Waals surface area contributed by atoms with Crippen molar-refractivity contribution in [3.05, 3.63) is 0 Å². The van der Waals surface area contributed by atoms with Crippen molar-refractivity contribution in [3.8, 4) is 6.07 Å². The summed E-state index contributed by atoms with van der Waals surface area (Å²) in [5.74, 6) is -3.64. The van der Waals surface area contributed by atoms with E-state index in [0.717, 1.165) is 13.3 Å². The Labute approximate surface area is 87.5 Å². The highest BCUT2D eigenvalue weighted by atomic mass is 19.3. The summed E-state index contributed by atoms with van der Waals surface area (Å²) >= 11 is 0. The Balaban J connectivity index is 2.32. The van der Waals surface area contributed by atoms with E-state index in [1.165, 1.54) is 0 Å². The van der Waals surface area contributed by atoms with E-state index < -0.39 is 18.3 Å². The number of halogens is 2. The zero-order valence-electron chi connectivity index (χ0n) is 8.59. The third-order valence-corrected chi connectivity index (χ3v) is 2.45. The zero-order chi connectivity index (χ0) is 11.5. The first-order valence-electron chi connectivity index (χ1n) is 4.97. The van der Waals surface area contributed by atoms with Gasteiger partial charge < -0.3 is 5.32 Å². The highest BCUT2D eigenvalue weighted by Crippen LogP contribution is 2.25. The van der Waals surface area contributed by atoms with Crippen molar-refractivity contribution >= 4 is 5.91 Å². The average Bonchev–Trinajstić information content (AvgIpc) is 2.48. The number of hydrogen-bond donors (Lipinski definition) is 1. The number of nitrogens with zero attached hydrogens (tertiary/aromatic N) is 1. The van der Waals surface area contributed by atoms with Crippen LogP contribution in [0.5, 0.6) is 0 Å². The quantitative estimate of drug-likeness (QED) is 0.782. The molecule has 15 heavy (non-hydrogen) atoms. The molecule has 3 nitrogen and oxygen atoms in total. The van der Waals surface area contributed by atoms with Crippen molar-refractivity contribution in [1.29, 1.82) is 5.26 Å². The van der Waals surface area contributed by atoms with E-state index in [9.17, 15) is 13.6 Å². The Morgan fingerprint density at radius 2 is 2.27 bits per heavy atom. The molecule has 1 aliphatic rings. The second kappa shape index (κ2) is 4.56. The molecule has 1 saturated carbocycles. The summed E-state index contributed by atoms with van der Waals surface area (Å²) in [6, 6.07) is 2.01. The van der Waals surface area contributed by atoms with Crippen molar-refractivity contribution in [1.82, 2.24) is 5.32 Å². The number of hydrogen-bond acceptors (Lipinski definition) is 2. The first-order chi connectivity index (χ1) is 6.90. The molecule has 0 unspecified atom stereocenters. The van der Waals surface area contributed by atoms with E-state index in [-0.39, 0.29) is 12.0 Å². The fourth-order valence-corrected chi connectivity index (χ4v) is 1.79. The van der Waals surface area contributed by atoms with E-state index >= 15 is 0 Å². The molecule has 0 bridgehead atoms. The monoisotopic (exact) mass is 216 g/mol. The second-order valence-corrected chi connectivity index (χ2v) is 4.15. The molecule has 2 atom stereocenters. The van der Waals surface area contributed by atoms with E-state index in [1.807, 2.05) is 0 Å². The predicted molar refractivity (Wildman–Crippen MR) is 50.1 cm³/mol. The van der Waals surface area contributed by atoms with Crippen LogP contribution < -0.4 is 5.32 Å². The maximum Gasteiger partial charge on any atom is 0.254 e. The number of nitriles is 1. The van der Waals surface area contributed by atoms with Gasteiger partial charge in [0, 0.05) is 12.0 Å². The van der Waals surface area contributed by atoms with Crippen LogP contribution in [0.3, 0.4) is 0 Å². The van der Waals surface area contributed by atoms with Gasteiger partial charge in [-0.2, -0.15) is 5.26 Å². The topological polar surface area (TPSA) is 52.9 Å². The molecule has 1 aliphatic carbocycles. The molecule has 0 aromatic carbocycles. The smallest absolute Gasteiger partial charge is 0.254 e. The number of alkyl halides is 2. The lowest BCUT2D eigenvalue weighted by atomic mass is 10.1. The SMILES string of the molecule is CC(F)(F)CC(=O)N[C@H]1CC[C@@H](C#N)C1. The van der Waals surface area contributed by atoms with Gasteiger partial charge in [-0.3, -0.25) is 4.79 Å². The van der Waals surface area contributed by atoms with Crippen molar-refractivity contribution < 1.29 is 13.6 Å². The Morgan fingerprint density at radius 1 is 1.60 bits per heavy atom. The lowest BCUT2D eigenvalue weighted by Gasteiger charge is -2.14. The van der Waals surface area contributed by atoms with Crippen molar-refractivity contribution in [3.63, 3.8) is 0 Å². The Kier molecular flexibility index (Phi) is 3.61. The van der Waals surface area contributed by atoms with Crippen LogP contribution in [0.2, 0.25) is 0 Å². The van der Waals surface area contributed by atoms with Crippen LogP contribution in [0.25, 0.3) is 0 Å². The average molecular weight is 216 g/mol. The minimum absolute atomic E-state index is 0.0440. The molecule has 0 spiro atoms. The lowest BCUT2D eigenvalue weighted by Crippen LogP contribution is -2.35. The largest absolute Gasteiger partial charge is 0.353 e. The highest BCUT2D eigenvalue weighted by Gasteiger charge is 2.29. The summed E-state index contributed by atoms with van der Waals surface area (Å²) in [6.45, 7) is 0.722. The van der Waals surface area contributed by atoms with E-state index in [0.29, 0.717) is 12.8 Å². The van der Waals surface area contributed by atoms with Crippen LogP contribution in [-0.4, -0.2) is 17.9 Å². The van der Waals surface area contributed by atoms with Gasteiger partial charge in [0.05, 0.1) is 12.5 Å². The molecule has 84 valence electrons. The number of nitrogens with one attached hydrogen (secondary N) is 1. The van der Waals surface area contributed by atoms with Gasteiger partial charge in [0.25, 0.3) is 5.92 Å². The molecule has 0 heterocycles. The number of amides is 1. The van der Waals surface area contributed by atoms with E-state index in [4.69, 9.17) is 5.26 Å². The third kappa shape index (κ3) is 4.24. The van der Waals surface area contributed by atoms with Gasteiger partial charge >= 0.3 is 0 Å². The Morgan fingerprint density at radius 3 is 2.73 bits per heavy atom. The van der Waals surface area contributed by atoms with Crippen LogP contribution in [0.4, 0.5) is 8.78 Å². The Bertz CT molecular complexity index is 280. The molecule has 0 aromatic heterocycles. The summed E-state index contributed by atoms with van der Waals surface area (Å²) in [6.07, 6.45) is 1.25. The van der Waals surface area contributed by atoms with Gasteiger partial charge in [-0.15, -0.1) is 0 Å². The van der Waals surface area contributed by atoms with Gasteiger partial charge in [-0.25, -0.2) is 8.78 Å². The van der Waals surface area contributed by atoms with Crippen molar-refractivity contribution in [2.45, 2.75) is 44.6 Å². The number of carbonyl (C=O) groups is 1. The van der Waals surface area contributed by atoms with Gasteiger partial charge in [0.2, 0.25) is 5.91 Å². The number of carbonyl (C=O) groups excluding carboxylic acids is 1. The standard InChI is InChI=1S/C10H14F2N2O/c1-10(11,12)5-9(15)14-8-3-2-7(4-8)6-13/h7-8H,2-5H2,1H3,(H,14,15)/t7-,8+/m1/s1. The summed E-state index contributed by atoms with van der Waals surface area (Å²) in [4.78, 5) is 11.1. The van der Waals surface area contributed by atoms with Gasteiger partial charge in [0.1, 0.15) is 0 Å². The molecule has 0 radical (unpaired) electrons. The molecule has 0 aliphatic heterocycles.